The third kappa shape index (κ3) is 59.8. The van der Waals surface area contributed by atoms with Gasteiger partial charge in [0.05, 0.1) is 52.4 Å². The molecule has 0 saturated heterocycles. The summed E-state index contributed by atoms with van der Waals surface area (Å²) in [4.78, 5) is 0. The van der Waals surface area contributed by atoms with Crippen molar-refractivity contribution in [2.24, 2.45) is 0 Å². The van der Waals surface area contributed by atoms with E-state index >= 15 is 0 Å². The van der Waals surface area contributed by atoms with Crippen LogP contribution in [0.5, 0.6) is 0 Å². The van der Waals surface area contributed by atoms with Crippen molar-refractivity contribution in [2.45, 2.75) is 306 Å². The molecule has 64 heavy (non-hydrogen) atoms. The second-order valence-electron chi connectivity index (χ2n) is 19.9. The number of nitrogens with zero attached hydrogens (tertiary/aromatic N) is 2. The standard InChI is InChI=1S/C24H50O.2C16H36N.H2O4S/c1-2-3-4-5-6-7-8-9-10-11-12-13-14-15-16-17-18-19-20-21-22-23-24-25;2*1-5-9-13-17(14-10-6-2,15-11-7-3)16-12-8-4;1-5(2,3)4/h25H,2-24H2,1H3;2*5-16H2,1-4H3;(H2,1,2,3,4)/q;2*+1;/p-2. The zero-order valence-corrected chi connectivity index (χ0v) is 46.4. The summed E-state index contributed by atoms with van der Waals surface area (Å²) in [6.07, 6.45) is 53.2. The van der Waals surface area contributed by atoms with Crippen molar-refractivity contribution >= 4 is 10.4 Å². The molecule has 0 fully saturated rings. The molecule has 0 aromatic rings. The van der Waals surface area contributed by atoms with Crippen LogP contribution in [-0.4, -0.2) is 90.6 Å². The lowest BCUT2D eigenvalue weighted by atomic mass is 10.0. The van der Waals surface area contributed by atoms with Gasteiger partial charge in [0.15, 0.2) is 0 Å². The van der Waals surface area contributed by atoms with Crippen LogP contribution in [0.15, 0.2) is 0 Å². The first-order valence-electron chi connectivity index (χ1n) is 28.9. The maximum atomic E-state index is 8.72. The van der Waals surface area contributed by atoms with Gasteiger partial charge in [0, 0.05) is 17.0 Å². The number of hydrogen-bond donors (Lipinski definition) is 1. The molecule has 0 radical (unpaired) electrons. The van der Waals surface area contributed by atoms with Crippen molar-refractivity contribution in [3.05, 3.63) is 0 Å². The maximum Gasteiger partial charge on any atom is 0.0786 e. The molecule has 0 heterocycles. The molecular formula is C56H122N2O5S. The van der Waals surface area contributed by atoms with E-state index in [0.29, 0.717) is 6.61 Å². The van der Waals surface area contributed by atoms with Gasteiger partial charge in [-0.3, -0.25) is 8.42 Å². The Morgan fingerprint density at radius 1 is 0.266 bits per heavy atom. The molecule has 1 N–H and O–H groups in total. The SMILES string of the molecule is CCCCCCCCCCCCCCCCCCCCCCCCO.CCCC[N+](CCCC)(CCCC)CCCC.CCCC[N+](CCCC)(CCCC)CCCC.O=S(=O)([O-])[O-]. The fourth-order valence-electron chi connectivity index (χ4n) is 9.01. The van der Waals surface area contributed by atoms with E-state index in [2.05, 4.69) is 62.3 Å². The van der Waals surface area contributed by atoms with Gasteiger partial charge in [-0.25, -0.2) is 0 Å². The Kier molecular flexibility index (Phi) is 62.7. The molecule has 0 saturated carbocycles. The summed E-state index contributed by atoms with van der Waals surface area (Å²) < 4.78 is 36.9. The second kappa shape index (κ2) is 57.1. The highest BCUT2D eigenvalue weighted by Crippen LogP contribution is 2.19. The average molecular weight is 936 g/mol. The monoisotopic (exact) mass is 935 g/mol. The first-order chi connectivity index (χ1) is 30.9. The topological polar surface area (TPSA) is 100 Å². The summed E-state index contributed by atoms with van der Waals surface area (Å²) in [6, 6.07) is 0. The van der Waals surface area contributed by atoms with E-state index in [1.807, 2.05) is 0 Å². The van der Waals surface area contributed by atoms with Crippen LogP contribution >= 0.6 is 0 Å². The van der Waals surface area contributed by atoms with Crippen LogP contribution in [0.4, 0.5) is 0 Å². The lowest BCUT2D eigenvalue weighted by Crippen LogP contribution is -2.50. The maximum absolute atomic E-state index is 8.72. The van der Waals surface area contributed by atoms with Crippen molar-refractivity contribution in [2.75, 3.05) is 59.0 Å². The highest BCUT2D eigenvalue weighted by Gasteiger charge is 2.25. The molecular weight excluding hydrogens is 813 g/mol. The van der Waals surface area contributed by atoms with E-state index in [1.54, 1.807) is 0 Å². The Labute approximate surface area is 405 Å². The Morgan fingerprint density at radius 2 is 0.391 bits per heavy atom. The van der Waals surface area contributed by atoms with E-state index in [9.17, 15) is 0 Å². The quantitative estimate of drug-likeness (QED) is 0.0284. The first kappa shape index (κ1) is 70.3. The van der Waals surface area contributed by atoms with Crippen LogP contribution in [0.1, 0.15) is 306 Å². The molecule has 0 aliphatic carbocycles. The molecule has 0 aromatic carbocycles. The molecule has 0 spiro atoms. The molecule has 392 valence electrons. The van der Waals surface area contributed by atoms with Crippen LogP contribution in [0, 0.1) is 0 Å². The normalized spacial score (nSPS) is 11.7. The number of hydrogen-bond acceptors (Lipinski definition) is 5. The van der Waals surface area contributed by atoms with Crippen molar-refractivity contribution in [1.82, 2.24) is 0 Å². The number of quaternary nitrogens is 2. The highest BCUT2D eigenvalue weighted by molar-refractivity contribution is 7.79. The molecule has 0 rings (SSSR count). The van der Waals surface area contributed by atoms with Gasteiger partial charge >= 0.3 is 0 Å². The lowest BCUT2D eigenvalue weighted by Gasteiger charge is -2.39. The molecule has 0 aliphatic rings. The minimum absolute atomic E-state index is 0.374. The van der Waals surface area contributed by atoms with Gasteiger partial charge in [-0.2, -0.15) is 0 Å². The number of rotatable bonds is 46. The molecule has 8 heteroatoms. The molecule has 0 aliphatic heterocycles. The number of aliphatic hydroxyl groups excluding tert-OH is 1. The highest BCUT2D eigenvalue weighted by atomic mass is 32.3. The third-order valence-electron chi connectivity index (χ3n) is 13.4. The minimum Gasteiger partial charge on any atom is -0.759 e. The van der Waals surface area contributed by atoms with Gasteiger partial charge in [-0.05, 0) is 57.8 Å². The molecule has 7 nitrogen and oxygen atoms in total. The van der Waals surface area contributed by atoms with Crippen molar-refractivity contribution in [3.63, 3.8) is 0 Å². The van der Waals surface area contributed by atoms with E-state index in [0.717, 1.165) is 6.42 Å². The Morgan fingerprint density at radius 3 is 0.516 bits per heavy atom. The summed E-state index contributed by atoms with van der Waals surface area (Å²) in [5, 5.41) is 8.72. The zero-order valence-electron chi connectivity index (χ0n) is 45.6. The second-order valence-corrected chi connectivity index (χ2v) is 20.7. The molecule has 0 unspecified atom stereocenters. The summed E-state index contributed by atoms with van der Waals surface area (Å²) in [6.45, 7) is 32.7. The van der Waals surface area contributed by atoms with Gasteiger partial charge in [-0.1, -0.05) is 249 Å². The molecule has 0 aromatic heterocycles. The summed E-state index contributed by atoms with van der Waals surface area (Å²) in [5.41, 5.74) is 0. The predicted octanol–water partition coefficient (Wildman–Crippen LogP) is 17.2. The van der Waals surface area contributed by atoms with Gasteiger partial charge in [-0.15, -0.1) is 0 Å². The van der Waals surface area contributed by atoms with Crippen LogP contribution in [0.3, 0.4) is 0 Å². The lowest BCUT2D eigenvalue weighted by molar-refractivity contribution is -0.929. The summed E-state index contributed by atoms with van der Waals surface area (Å²) in [7, 11) is -5.17. The van der Waals surface area contributed by atoms with Crippen molar-refractivity contribution in [1.29, 1.82) is 0 Å². The van der Waals surface area contributed by atoms with Crippen LogP contribution in [-0.2, 0) is 10.4 Å². The Balaban J connectivity index is -0.000000409. The Hall–Kier alpha value is -0.250. The number of aliphatic hydroxyl groups is 1. The first-order valence-corrected chi connectivity index (χ1v) is 30.2. The molecule has 0 amide bonds. The average Bonchev–Trinajstić information content (AvgIpc) is 3.28. The molecule has 0 atom stereocenters. The predicted molar refractivity (Wildman–Crippen MR) is 284 cm³/mol. The smallest absolute Gasteiger partial charge is 0.0786 e. The van der Waals surface area contributed by atoms with E-state index in [1.165, 1.54) is 299 Å². The van der Waals surface area contributed by atoms with E-state index < -0.39 is 10.4 Å². The van der Waals surface area contributed by atoms with Crippen LogP contribution < -0.4 is 0 Å². The zero-order chi connectivity index (χ0) is 48.7. The van der Waals surface area contributed by atoms with Crippen LogP contribution in [0.2, 0.25) is 0 Å². The van der Waals surface area contributed by atoms with Crippen molar-refractivity contribution in [3.8, 4) is 0 Å². The van der Waals surface area contributed by atoms with E-state index in [-0.39, 0.29) is 0 Å². The Bertz CT molecular complexity index is 793. The fourth-order valence-corrected chi connectivity index (χ4v) is 9.01. The van der Waals surface area contributed by atoms with E-state index in [4.69, 9.17) is 22.6 Å². The largest absolute Gasteiger partial charge is 0.759 e. The third-order valence-corrected chi connectivity index (χ3v) is 13.4. The summed E-state index contributed by atoms with van der Waals surface area (Å²) in [5.74, 6) is 0. The number of unbranched alkanes of at least 4 members (excludes halogenated alkanes) is 29. The van der Waals surface area contributed by atoms with Crippen LogP contribution in [0.25, 0.3) is 0 Å². The van der Waals surface area contributed by atoms with Crippen molar-refractivity contribution < 1.29 is 31.6 Å². The van der Waals surface area contributed by atoms with Gasteiger partial charge in [0.2, 0.25) is 0 Å². The fraction of sp³-hybridized carbons (Fsp3) is 1.00. The van der Waals surface area contributed by atoms with Gasteiger partial charge in [0.1, 0.15) is 0 Å². The molecule has 0 bridgehead atoms. The summed E-state index contributed by atoms with van der Waals surface area (Å²) >= 11 is 0. The van der Waals surface area contributed by atoms with Gasteiger partial charge in [0.25, 0.3) is 0 Å². The van der Waals surface area contributed by atoms with Gasteiger partial charge < -0.3 is 23.2 Å². The minimum atomic E-state index is -5.17.